The molecular weight excluding hydrogens is 434 g/mol. The highest BCUT2D eigenvalue weighted by Crippen LogP contribution is 2.38. The van der Waals surface area contributed by atoms with Crippen LogP contribution >= 0.6 is 0 Å². The van der Waals surface area contributed by atoms with Crippen molar-refractivity contribution in [3.05, 3.63) is 54.5 Å². The molecule has 4 aromatic rings. The highest BCUT2D eigenvalue weighted by Gasteiger charge is 2.38. The lowest BCUT2D eigenvalue weighted by atomic mass is 9.73. The normalized spacial score (nSPS) is 14.1. The number of nitrogens with two attached hydrogens (primary N) is 1. The summed E-state index contributed by atoms with van der Waals surface area (Å²) >= 11 is 0. The molecule has 34 heavy (non-hydrogen) atoms. The molecule has 0 amide bonds. The van der Waals surface area contributed by atoms with E-state index in [1.807, 2.05) is 18.3 Å². The average Bonchev–Trinajstić information content (AvgIpc) is 3.34. The predicted molar refractivity (Wildman–Crippen MR) is 126 cm³/mol. The molecule has 0 aromatic carbocycles. The van der Waals surface area contributed by atoms with Gasteiger partial charge in [-0.05, 0) is 31.4 Å². The van der Waals surface area contributed by atoms with Crippen LogP contribution in [0.25, 0.3) is 22.8 Å². The second kappa shape index (κ2) is 9.48. The fourth-order valence-corrected chi connectivity index (χ4v) is 3.38. The van der Waals surface area contributed by atoms with Crippen LogP contribution in [0, 0.1) is 5.92 Å². The first-order chi connectivity index (χ1) is 16.3. The quantitative estimate of drug-likeness (QED) is 0.353. The van der Waals surface area contributed by atoms with Gasteiger partial charge in [0.15, 0.2) is 5.82 Å². The van der Waals surface area contributed by atoms with Gasteiger partial charge in [0.2, 0.25) is 5.95 Å². The molecular formula is C23H27N9O2. The minimum Gasteiger partial charge on any atom is -0.392 e. The Morgan fingerprint density at radius 3 is 2.29 bits per heavy atom. The van der Waals surface area contributed by atoms with E-state index in [0.717, 1.165) is 16.8 Å². The minimum absolute atomic E-state index is 0.142. The maximum absolute atomic E-state index is 9.39. The van der Waals surface area contributed by atoms with Crippen molar-refractivity contribution in [1.29, 1.82) is 0 Å². The molecule has 2 atom stereocenters. The van der Waals surface area contributed by atoms with Crippen LogP contribution in [0.2, 0.25) is 0 Å². The molecule has 0 radical (unpaired) electrons. The lowest BCUT2D eigenvalue weighted by molar-refractivity contribution is 0.208. The SMILES string of the molecule is CC(C)C(C)(c1ccc(-c2cnc(N)nc2)nc1)c1noc(-c2cnc(NC[C@@H](C)O)cn2)n1. The van der Waals surface area contributed by atoms with Crippen molar-refractivity contribution >= 4 is 11.8 Å². The van der Waals surface area contributed by atoms with Crippen molar-refractivity contribution in [3.8, 4) is 22.8 Å². The van der Waals surface area contributed by atoms with Crippen LogP contribution in [0.1, 0.15) is 39.1 Å². The lowest BCUT2D eigenvalue weighted by Crippen LogP contribution is -2.31. The molecule has 0 aliphatic heterocycles. The van der Waals surface area contributed by atoms with Crippen molar-refractivity contribution in [2.24, 2.45) is 5.92 Å². The molecule has 0 fully saturated rings. The summed E-state index contributed by atoms with van der Waals surface area (Å²) in [5.41, 5.74) is 7.94. The third kappa shape index (κ3) is 4.69. The zero-order valence-electron chi connectivity index (χ0n) is 19.5. The number of rotatable bonds is 8. The molecule has 0 bridgehead atoms. The molecule has 1 unspecified atom stereocenters. The number of aliphatic hydroxyl groups excluding tert-OH is 1. The third-order valence-electron chi connectivity index (χ3n) is 5.83. The largest absolute Gasteiger partial charge is 0.392 e. The summed E-state index contributed by atoms with van der Waals surface area (Å²) in [6, 6.07) is 3.91. The van der Waals surface area contributed by atoms with Crippen molar-refractivity contribution in [1.82, 2.24) is 35.1 Å². The van der Waals surface area contributed by atoms with Gasteiger partial charge in [0.05, 0.1) is 29.6 Å². The number of aliphatic hydroxyl groups is 1. The second-order valence-corrected chi connectivity index (χ2v) is 8.56. The molecule has 0 spiro atoms. The zero-order chi connectivity index (χ0) is 24.3. The van der Waals surface area contributed by atoms with Gasteiger partial charge >= 0.3 is 0 Å². The van der Waals surface area contributed by atoms with Gasteiger partial charge in [-0.25, -0.2) is 19.9 Å². The molecule has 4 rings (SSSR count). The number of nitrogen functional groups attached to an aromatic ring is 1. The van der Waals surface area contributed by atoms with Crippen molar-refractivity contribution in [3.63, 3.8) is 0 Å². The smallest absolute Gasteiger partial charge is 0.278 e. The van der Waals surface area contributed by atoms with E-state index in [-0.39, 0.29) is 17.8 Å². The van der Waals surface area contributed by atoms with Gasteiger partial charge in [-0.15, -0.1) is 0 Å². The Kier molecular flexibility index (Phi) is 6.46. The predicted octanol–water partition coefficient (Wildman–Crippen LogP) is 2.72. The van der Waals surface area contributed by atoms with Gasteiger partial charge in [-0.2, -0.15) is 4.98 Å². The summed E-state index contributed by atoms with van der Waals surface area (Å²) in [5, 5.41) is 16.7. The minimum atomic E-state index is -0.558. The first-order valence-corrected chi connectivity index (χ1v) is 10.9. The number of hydrogen-bond acceptors (Lipinski definition) is 11. The van der Waals surface area contributed by atoms with E-state index in [1.54, 1.807) is 31.7 Å². The fourth-order valence-electron chi connectivity index (χ4n) is 3.38. The average molecular weight is 462 g/mol. The second-order valence-electron chi connectivity index (χ2n) is 8.56. The van der Waals surface area contributed by atoms with Gasteiger partial charge < -0.3 is 20.7 Å². The van der Waals surface area contributed by atoms with Crippen LogP contribution in [-0.4, -0.2) is 52.8 Å². The van der Waals surface area contributed by atoms with Crippen molar-refractivity contribution < 1.29 is 9.63 Å². The van der Waals surface area contributed by atoms with E-state index in [4.69, 9.17) is 10.3 Å². The number of hydrogen-bond donors (Lipinski definition) is 3. The standard InChI is InChI=1S/C23H27N9O2/c1-13(2)23(4,16-5-6-17(25-10-16)15-8-29-22(24)30-9-15)21-31-20(34-32-21)18-11-28-19(12-26-18)27-7-14(3)33/h5-6,8-14,33H,7H2,1-4H3,(H,27,28)(H2,24,29,30)/t14-,23?/m1/s1. The van der Waals surface area contributed by atoms with E-state index in [2.05, 4.69) is 61.1 Å². The highest BCUT2D eigenvalue weighted by atomic mass is 16.5. The van der Waals surface area contributed by atoms with Gasteiger partial charge in [0, 0.05) is 30.7 Å². The van der Waals surface area contributed by atoms with E-state index in [9.17, 15) is 5.11 Å². The fraction of sp³-hybridized carbons (Fsp3) is 0.348. The summed E-state index contributed by atoms with van der Waals surface area (Å²) in [4.78, 5) is 25.9. The molecule has 4 heterocycles. The molecule has 4 aromatic heterocycles. The van der Waals surface area contributed by atoms with E-state index in [1.165, 1.54) is 0 Å². The summed E-state index contributed by atoms with van der Waals surface area (Å²) in [6.45, 7) is 8.32. The summed E-state index contributed by atoms with van der Waals surface area (Å²) < 4.78 is 5.54. The Labute approximate surface area is 196 Å². The first-order valence-electron chi connectivity index (χ1n) is 10.9. The maximum atomic E-state index is 9.39. The molecule has 0 saturated carbocycles. The topological polar surface area (TPSA) is 162 Å². The highest BCUT2D eigenvalue weighted by molar-refractivity contribution is 5.57. The van der Waals surface area contributed by atoms with Gasteiger partial charge in [-0.1, -0.05) is 25.1 Å². The molecule has 11 nitrogen and oxygen atoms in total. The Morgan fingerprint density at radius 2 is 1.71 bits per heavy atom. The Hall–Kier alpha value is -3.99. The zero-order valence-corrected chi connectivity index (χ0v) is 19.5. The van der Waals surface area contributed by atoms with Crippen LogP contribution in [0.4, 0.5) is 11.8 Å². The van der Waals surface area contributed by atoms with Gasteiger partial charge in [-0.3, -0.25) is 4.98 Å². The number of aromatic nitrogens is 7. The summed E-state index contributed by atoms with van der Waals surface area (Å²) in [6.07, 6.45) is 7.72. The van der Waals surface area contributed by atoms with Crippen LogP contribution in [0.15, 0.2) is 47.6 Å². The number of anilines is 2. The number of pyridine rings is 1. The van der Waals surface area contributed by atoms with Crippen LogP contribution < -0.4 is 11.1 Å². The molecule has 0 aliphatic rings. The number of nitrogens with one attached hydrogen (secondary N) is 1. The first kappa shape index (κ1) is 23.2. The summed E-state index contributed by atoms with van der Waals surface area (Å²) in [7, 11) is 0. The van der Waals surface area contributed by atoms with Crippen molar-refractivity contribution in [2.45, 2.75) is 39.2 Å². The maximum Gasteiger partial charge on any atom is 0.278 e. The molecule has 11 heteroatoms. The van der Waals surface area contributed by atoms with Gasteiger partial charge in [0.25, 0.3) is 5.89 Å². The van der Waals surface area contributed by atoms with E-state index in [0.29, 0.717) is 23.9 Å². The van der Waals surface area contributed by atoms with E-state index < -0.39 is 11.5 Å². The monoisotopic (exact) mass is 461 g/mol. The molecule has 0 aliphatic carbocycles. The third-order valence-corrected chi connectivity index (χ3v) is 5.83. The Morgan fingerprint density at radius 1 is 0.971 bits per heavy atom. The summed E-state index contributed by atoms with van der Waals surface area (Å²) in [5.74, 6) is 1.72. The van der Waals surface area contributed by atoms with Crippen LogP contribution in [0.3, 0.4) is 0 Å². The van der Waals surface area contributed by atoms with Crippen LogP contribution in [-0.2, 0) is 5.41 Å². The van der Waals surface area contributed by atoms with Crippen LogP contribution in [0.5, 0.6) is 0 Å². The molecule has 176 valence electrons. The Balaban J connectivity index is 1.59. The van der Waals surface area contributed by atoms with Crippen molar-refractivity contribution in [2.75, 3.05) is 17.6 Å². The lowest BCUT2D eigenvalue weighted by Gasteiger charge is -2.30. The molecule has 0 saturated heterocycles. The Bertz CT molecular complexity index is 1220. The van der Waals surface area contributed by atoms with E-state index >= 15 is 0 Å². The number of nitrogens with zero attached hydrogens (tertiary/aromatic N) is 7. The molecule has 4 N–H and O–H groups in total. The van der Waals surface area contributed by atoms with Gasteiger partial charge in [0.1, 0.15) is 11.5 Å².